The molecule has 0 radical (unpaired) electrons. The minimum absolute atomic E-state index is 0.772. The van der Waals surface area contributed by atoms with E-state index in [4.69, 9.17) is 9.47 Å². The van der Waals surface area contributed by atoms with E-state index in [1.165, 1.54) is 33.5 Å². The van der Waals surface area contributed by atoms with Gasteiger partial charge in [-0.3, -0.25) is 0 Å². The zero-order chi connectivity index (χ0) is 17.4. The lowest BCUT2D eigenvalue weighted by Crippen LogP contribution is -2.41. The number of rotatable bonds is 3. The Balaban J connectivity index is 2.01. The van der Waals surface area contributed by atoms with E-state index in [1.54, 1.807) is 14.2 Å². The summed E-state index contributed by atoms with van der Waals surface area (Å²) in [7, 11) is 3.38. The molecule has 25 heavy (non-hydrogen) atoms. The molecule has 0 fully saturated rings. The fraction of sp³-hybridized carbons (Fsp3) is 0.227. The highest BCUT2D eigenvalue weighted by atomic mass is 16.5. The van der Waals surface area contributed by atoms with Gasteiger partial charge in [-0.1, -0.05) is 30.3 Å². The van der Waals surface area contributed by atoms with Gasteiger partial charge in [-0.25, -0.2) is 0 Å². The molecule has 2 heterocycles. The molecule has 0 aliphatic carbocycles. The third kappa shape index (κ3) is 2.66. The van der Waals surface area contributed by atoms with Gasteiger partial charge in [0.1, 0.15) is 0 Å². The molecule has 126 valence electrons. The van der Waals surface area contributed by atoms with Crippen LogP contribution in [0.4, 0.5) is 0 Å². The summed E-state index contributed by atoms with van der Waals surface area (Å²) in [6.07, 6.45) is 3.23. The molecule has 3 aromatic rings. The van der Waals surface area contributed by atoms with Gasteiger partial charge < -0.3 is 9.47 Å². The number of nitrogens with zero attached hydrogens (tertiary/aromatic N) is 1. The Labute approximate surface area is 148 Å². The molecule has 0 unspecified atom stereocenters. The molecule has 0 bridgehead atoms. The predicted molar refractivity (Wildman–Crippen MR) is 99.1 cm³/mol. The van der Waals surface area contributed by atoms with Gasteiger partial charge in [-0.15, -0.1) is 0 Å². The maximum Gasteiger partial charge on any atom is 0.220 e. The van der Waals surface area contributed by atoms with Crippen molar-refractivity contribution in [3.63, 3.8) is 0 Å². The molecule has 0 amide bonds. The quantitative estimate of drug-likeness (QED) is 0.671. The van der Waals surface area contributed by atoms with Crippen LogP contribution in [0.15, 0.2) is 54.7 Å². The molecule has 1 aliphatic heterocycles. The van der Waals surface area contributed by atoms with Gasteiger partial charge in [0.15, 0.2) is 24.2 Å². The van der Waals surface area contributed by atoms with Crippen LogP contribution in [0.5, 0.6) is 11.5 Å². The number of benzene rings is 2. The first-order chi connectivity index (χ1) is 12.2. The van der Waals surface area contributed by atoms with Crippen molar-refractivity contribution in [1.29, 1.82) is 0 Å². The number of ether oxygens (including phenoxy) is 2. The molecule has 0 saturated carbocycles. The predicted octanol–water partition coefficient (Wildman–Crippen LogP) is 4.19. The Morgan fingerprint density at radius 3 is 2.32 bits per heavy atom. The van der Waals surface area contributed by atoms with Crippen LogP contribution in [0, 0.1) is 6.92 Å². The molecular weight excluding hydrogens is 310 g/mol. The Morgan fingerprint density at radius 1 is 0.880 bits per heavy atom. The van der Waals surface area contributed by atoms with Crippen LogP contribution >= 0.6 is 0 Å². The van der Waals surface area contributed by atoms with Crippen molar-refractivity contribution < 1.29 is 14.0 Å². The molecular formula is C22H22NO2+. The van der Waals surface area contributed by atoms with Crippen molar-refractivity contribution in [2.24, 2.45) is 0 Å². The van der Waals surface area contributed by atoms with Crippen LogP contribution in [-0.4, -0.2) is 14.2 Å². The summed E-state index contributed by atoms with van der Waals surface area (Å²) in [5.74, 6) is 1.57. The minimum Gasteiger partial charge on any atom is -0.493 e. The number of methoxy groups -OCH3 is 2. The van der Waals surface area contributed by atoms with Crippen LogP contribution in [0.25, 0.3) is 22.4 Å². The standard InChI is InChI=1S/C22H22NO2/c1-15-11-18(16-7-5-4-6-8-16)22-19-13-21(25-3)20(24-2)12-17(19)9-10-23(22)14-15/h4-8,11-14H,9-10H2,1-3H3/q+1. The van der Waals surface area contributed by atoms with Crippen LogP contribution in [0.2, 0.25) is 0 Å². The second-order valence-electron chi connectivity index (χ2n) is 6.45. The Bertz CT molecular complexity index is 933. The lowest BCUT2D eigenvalue weighted by Gasteiger charge is -2.20. The lowest BCUT2D eigenvalue weighted by atomic mass is 9.90. The molecule has 3 heteroatoms. The van der Waals surface area contributed by atoms with E-state index in [9.17, 15) is 0 Å². The van der Waals surface area contributed by atoms with E-state index in [0.717, 1.165) is 24.5 Å². The van der Waals surface area contributed by atoms with Gasteiger partial charge in [-0.2, -0.15) is 4.57 Å². The fourth-order valence-corrected chi connectivity index (χ4v) is 3.70. The Kier molecular flexibility index (Phi) is 3.92. The summed E-state index contributed by atoms with van der Waals surface area (Å²) in [4.78, 5) is 0. The second kappa shape index (κ2) is 6.25. The maximum absolute atomic E-state index is 5.55. The summed E-state index contributed by atoms with van der Waals surface area (Å²) in [6, 6.07) is 17.1. The minimum atomic E-state index is 0.772. The van der Waals surface area contributed by atoms with Gasteiger partial charge >= 0.3 is 0 Å². The zero-order valence-corrected chi connectivity index (χ0v) is 14.9. The largest absolute Gasteiger partial charge is 0.493 e. The van der Waals surface area contributed by atoms with Crippen molar-refractivity contribution in [2.75, 3.05) is 14.2 Å². The van der Waals surface area contributed by atoms with E-state index in [-0.39, 0.29) is 0 Å². The highest BCUT2D eigenvalue weighted by Gasteiger charge is 2.29. The van der Waals surface area contributed by atoms with Gasteiger partial charge in [0.05, 0.1) is 25.3 Å². The van der Waals surface area contributed by atoms with Crippen LogP contribution in [-0.2, 0) is 13.0 Å². The number of pyridine rings is 1. The number of aryl methyl sites for hydroxylation is 3. The average molecular weight is 332 g/mol. The van der Waals surface area contributed by atoms with E-state index in [1.807, 2.05) is 0 Å². The summed E-state index contributed by atoms with van der Waals surface area (Å²) in [5.41, 5.74) is 7.54. The summed E-state index contributed by atoms with van der Waals surface area (Å²) in [5, 5.41) is 0. The summed E-state index contributed by atoms with van der Waals surface area (Å²) < 4.78 is 13.4. The molecule has 3 nitrogen and oxygen atoms in total. The van der Waals surface area contributed by atoms with E-state index < -0.39 is 0 Å². The highest BCUT2D eigenvalue weighted by Crippen LogP contribution is 2.40. The first-order valence-electron chi connectivity index (χ1n) is 8.56. The number of fused-ring (bicyclic) bond motifs is 3. The average Bonchev–Trinajstić information content (AvgIpc) is 2.66. The smallest absolute Gasteiger partial charge is 0.220 e. The van der Waals surface area contributed by atoms with Crippen molar-refractivity contribution in [1.82, 2.24) is 0 Å². The van der Waals surface area contributed by atoms with Crippen LogP contribution < -0.4 is 14.0 Å². The molecule has 2 aromatic carbocycles. The second-order valence-corrected chi connectivity index (χ2v) is 6.45. The fourth-order valence-electron chi connectivity index (χ4n) is 3.70. The third-order valence-electron chi connectivity index (χ3n) is 4.85. The molecule has 0 spiro atoms. The van der Waals surface area contributed by atoms with Crippen LogP contribution in [0.3, 0.4) is 0 Å². The highest BCUT2D eigenvalue weighted by molar-refractivity contribution is 5.82. The van der Waals surface area contributed by atoms with Gasteiger partial charge in [0.2, 0.25) is 5.69 Å². The first kappa shape index (κ1) is 15.7. The third-order valence-corrected chi connectivity index (χ3v) is 4.85. The van der Waals surface area contributed by atoms with Crippen molar-refractivity contribution in [2.45, 2.75) is 19.9 Å². The van der Waals surface area contributed by atoms with Crippen molar-refractivity contribution >= 4 is 0 Å². The summed E-state index contributed by atoms with van der Waals surface area (Å²) >= 11 is 0. The SMILES string of the molecule is COc1cc2c(cc1OC)-c1c(-c3ccccc3)cc(C)c[n+]1CC2. The zero-order valence-electron chi connectivity index (χ0n) is 14.9. The maximum atomic E-state index is 5.55. The Hall–Kier alpha value is -2.81. The molecule has 1 aromatic heterocycles. The van der Waals surface area contributed by atoms with E-state index >= 15 is 0 Å². The molecule has 1 aliphatic rings. The van der Waals surface area contributed by atoms with Crippen molar-refractivity contribution in [3.8, 4) is 33.9 Å². The number of aromatic nitrogens is 1. The summed E-state index contributed by atoms with van der Waals surface area (Å²) in [6.45, 7) is 3.13. The van der Waals surface area contributed by atoms with Gasteiger partial charge in [-0.05, 0) is 36.2 Å². The van der Waals surface area contributed by atoms with E-state index in [2.05, 4.69) is 66.2 Å². The molecule has 0 N–H and O–H groups in total. The number of hydrogen-bond acceptors (Lipinski definition) is 2. The molecule has 0 saturated heterocycles. The van der Waals surface area contributed by atoms with Gasteiger partial charge in [0.25, 0.3) is 0 Å². The molecule has 0 atom stereocenters. The number of hydrogen-bond donors (Lipinski definition) is 0. The van der Waals surface area contributed by atoms with Crippen LogP contribution in [0.1, 0.15) is 11.1 Å². The van der Waals surface area contributed by atoms with E-state index in [0.29, 0.717) is 0 Å². The van der Waals surface area contributed by atoms with Crippen molar-refractivity contribution in [3.05, 3.63) is 65.9 Å². The lowest BCUT2D eigenvalue weighted by molar-refractivity contribution is -0.687. The monoisotopic (exact) mass is 332 g/mol. The normalized spacial score (nSPS) is 12.3. The van der Waals surface area contributed by atoms with Gasteiger partial charge in [0, 0.05) is 12.0 Å². The topological polar surface area (TPSA) is 22.3 Å². The molecule has 4 rings (SSSR count). The Morgan fingerprint density at radius 2 is 1.60 bits per heavy atom. The first-order valence-corrected chi connectivity index (χ1v) is 8.56.